The number of carbonyl (C=O) groups excluding carboxylic acids is 1. The van der Waals surface area contributed by atoms with Gasteiger partial charge in [-0.15, -0.1) is 0 Å². The largest absolute Gasteiger partial charge is 0.452 e. The van der Waals surface area contributed by atoms with Crippen LogP contribution in [0.4, 0.5) is 5.69 Å². The minimum atomic E-state index is -0.422. The SMILES string of the molecule is CC(=O)OC1(Cc2ccccc2)C[NH+]2CCC1c1ccccc12. The molecule has 23 heavy (non-hydrogen) atoms. The van der Waals surface area contributed by atoms with E-state index in [1.807, 2.05) is 6.07 Å². The van der Waals surface area contributed by atoms with Crippen LogP contribution in [-0.4, -0.2) is 24.7 Å². The maximum absolute atomic E-state index is 11.9. The number of hydrogen-bond acceptors (Lipinski definition) is 2. The third-order valence-electron chi connectivity index (χ3n) is 5.29. The molecule has 2 bridgehead atoms. The van der Waals surface area contributed by atoms with Crippen molar-refractivity contribution in [2.45, 2.75) is 31.3 Å². The summed E-state index contributed by atoms with van der Waals surface area (Å²) in [5, 5.41) is 0. The summed E-state index contributed by atoms with van der Waals surface area (Å²) in [7, 11) is 0. The fraction of sp³-hybridized carbons (Fsp3) is 0.350. The lowest BCUT2D eigenvalue weighted by atomic mass is 9.69. The number of piperidine rings is 1. The molecule has 3 aliphatic heterocycles. The molecular formula is C20H22NO2+. The summed E-state index contributed by atoms with van der Waals surface area (Å²) in [6, 6.07) is 19.0. The molecule has 1 N–H and O–H groups in total. The Balaban J connectivity index is 1.77. The van der Waals surface area contributed by atoms with E-state index in [2.05, 4.69) is 48.5 Å². The molecule has 0 spiro atoms. The Morgan fingerprint density at radius 2 is 1.91 bits per heavy atom. The Hall–Kier alpha value is -2.13. The zero-order chi connectivity index (χ0) is 15.9. The Kier molecular flexibility index (Phi) is 3.46. The molecule has 3 unspecified atom stereocenters. The van der Waals surface area contributed by atoms with Crippen LogP contribution in [0.2, 0.25) is 0 Å². The third kappa shape index (κ3) is 2.45. The van der Waals surface area contributed by atoms with Crippen molar-refractivity contribution < 1.29 is 14.4 Å². The van der Waals surface area contributed by atoms with Crippen molar-refractivity contribution in [3.05, 3.63) is 65.7 Å². The van der Waals surface area contributed by atoms with Gasteiger partial charge in [0.2, 0.25) is 0 Å². The number of quaternary nitrogens is 1. The van der Waals surface area contributed by atoms with E-state index < -0.39 is 5.60 Å². The summed E-state index contributed by atoms with van der Waals surface area (Å²) in [5.41, 5.74) is 3.56. The average Bonchev–Trinajstić information content (AvgIpc) is 2.55. The maximum atomic E-state index is 11.9. The van der Waals surface area contributed by atoms with Crippen LogP contribution < -0.4 is 4.90 Å². The molecule has 5 rings (SSSR count). The molecular weight excluding hydrogens is 286 g/mol. The second-order valence-corrected chi connectivity index (χ2v) is 6.78. The number of carbonyl (C=O) groups is 1. The van der Waals surface area contributed by atoms with Crippen molar-refractivity contribution in [3.63, 3.8) is 0 Å². The van der Waals surface area contributed by atoms with Gasteiger partial charge in [-0.05, 0) is 11.6 Å². The molecule has 2 aromatic rings. The van der Waals surface area contributed by atoms with Gasteiger partial charge in [0, 0.05) is 31.2 Å². The molecule has 1 saturated heterocycles. The van der Waals surface area contributed by atoms with Gasteiger partial charge in [-0.2, -0.15) is 0 Å². The Bertz CT molecular complexity index is 727. The number of esters is 1. The summed E-state index contributed by atoms with van der Waals surface area (Å²) < 4.78 is 6.01. The summed E-state index contributed by atoms with van der Waals surface area (Å²) in [6.07, 6.45) is 1.86. The second kappa shape index (κ2) is 5.50. The van der Waals surface area contributed by atoms with Gasteiger partial charge in [0.25, 0.3) is 0 Å². The minimum Gasteiger partial charge on any atom is -0.452 e. The number of hydrogen-bond donors (Lipinski definition) is 1. The van der Waals surface area contributed by atoms with E-state index >= 15 is 0 Å². The number of para-hydroxylation sites is 1. The van der Waals surface area contributed by atoms with Crippen LogP contribution in [0.3, 0.4) is 0 Å². The number of rotatable bonds is 3. The summed E-state index contributed by atoms with van der Waals surface area (Å²) in [5.74, 6) is 0.117. The van der Waals surface area contributed by atoms with Crippen LogP contribution in [0.25, 0.3) is 0 Å². The van der Waals surface area contributed by atoms with Crippen LogP contribution in [0.15, 0.2) is 54.6 Å². The van der Waals surface area contributed by atoms with Gasteiger partial charge in [0.15, 0.2) is 5.60 Å². The first-order valence-electron chi connectivity index (χ1n) is 8.35. The van der Waals surface area contributed by atoms with Gasteiger partial charge < -0.3 is 4.74 Å². The van der Waals surface area contributed by atoms with Crippen LogP contribution >= 0.6 is 0 Å². The van der Waals surface area contributed by atoms with Gasteiger partial charge >= 0.3 is 5.97 Å². The van der Waals surface area contributed by atoms with E-state index in [1.54, 1.807) is 0 Å². The summed E-state index contributed by atoms with van der Waals surface area (Å²) in [4.78, 5) is 13.3. The molecule has 3 nitrogen and oxygen atoms in total. The van der Waals surface area contributed by atoms with Crippen molar-refractivity contribution in [2.24, 2.45) is 0 Å². The van der Waals surface area contributed by atoms with Gasteiger partial charge in [-0.25, -0.2) is 0 Å². The van der Waals surface area contributed by atoms with Gasteiger partial charge in [-0.1, -0.05) is 48.5 Å². The zero-order valence-corrected chi connectivity index (χ0v) is 13.4. The predicted octanol–water partition coefficient (Wildman–Crippen LogP) is 2.25. The van der Waals surface area contributed by atoms with Crippen LogP contribution in [0, 0.1) is 0 Å². The molecule has 118 valence electrons. The Labute approximate surface area is 136 Å². The highest BCUT2D eigenvalue weighted by atomic mass is 16.6. The minimum absolute atomic E-state index is 0.174. The first kappa shape index (κ1) is 14.5. The molecule has 3 heteroatoms. The van der Waals surface area contributed by atoms with E-state index in [0.717, 1.165) is 25.9 Å². The normalized spacial score (nSPS) is 28.2. The fourth-order valence-corrected chi connectivity index (χ4v) is 4.50. The highest BCUT2D eigenvalue weighted by Crippen LogP contribution is 2.43. The van der Waals surface area contributed by atoms with Crippen LogP contribution in [-0.2, 0) is 16.0 Å². The topological polar surface area (TPSA) is 30.7 Å². The molecule has 0 aliphatic carbocycles. The van der Waals surface area contributed by atoms with Gasteiger partial charge in [0.1, 0.15) is 12.2 Å². The first-order chi connectivity index (χ1) is 11.2. The zero-order valence-electron chi connectivity index (χ0n) is 13.4. The molecule has 3 aliphatic rings. The van der Waals surface area contributed by atoms with Crippen molar-refractivity contribution in [1.82, 2.24) is 0 Å². The maximum Gasteiger partial charge on any atom is 0.303 e. The first-order valence-corrected chi connectivity index (χ1v) is 8.35. The summed E-state index contributed by atoms with van der Waals surface area (Å²) >= 11 is 0. The quantitative estimate of drug-likeness (QED) is 0.882. The second-order valence-electron chi connectivity index (χ2n) is 6.78. The molecule has 2 aromatic carbocycles. The summed E-state index contributed by atoms with van der Waals surface area (Å²) in [6.45, 7) is 3.52. The van der Waals surface area contributed by atoms with E-state index in [9.17, 15) is 4.79 Å². The molecule has 0 amide bonds. The molecule has 0 radical (unpaired) electrons. The molecule has 0 aromatic heterocycles. The van der Waals surface area contributed by atoms with E-state index in [-0.39, 0.29) is 5.97 Å². The lowest BCUT2D eigenvalue weighted by Crippen LogP contribution is -3.13. The fourth-order valence-electron chi connectivity index (χ4n) is 4.50. The van der Waals surface area contributed by atoms with E-state index in [1.165, 1.54) is 28.6 Å². The average molecular weight is 308 g/mol. The lowest BCUT2D eigenvalue weighted by molar-refractivity contribution is -0.853. The number of benzene rings is 2. The van der Waals surface area contributed by atoms with Crippen molar-refractivity contribution >= 4 is 11.7 Å². The molecule has 1 fully saturated rings. The monoisotopic (exact) mass is 308 g/mol. The van der Waals surface area contributed by atoms with Crippen molar-refractivity contribution in [3.8, 4) is 0 Å². The lowest BCUT2D eigenvalue weighted by Gasteiger charge is -2.50. The number of nitrogens with one attached hydrogen (secondary N) is 1. The molecule has 3 atom stereocenters. The smallest absolute Gasteiger partial charge is 0.303 e. The predicted molar refractivity (Wildman–Crippen MR) is 88.8 cm³/mol. The van der Waals surface area contributed by atoms with Crippen LogP contribution in [0.1, 0.15) is 30.4 Å². The van der Waals surface area contributed by atoms with Crippen molar-refractivity contribution in [2.75, 3.05) is 13.1 Å². The Morgan fingerprint density at radius 3 is 2.70 bits per heavy atom. The molecule has 0 saturated carbocycles. The van der Waals surface area contributed by atoms with Crippen molar-refractivity contribution in [1.29, 1.82) is 0 Å². The van der Waals surface area contributed by atoms with Crippen LogP contribution in [0.5, 0.6) is 0 Å². The Morgan fingerprint density at radius 1 is 1.17 bits per heavy atom. The highest BCUT2D eigenvalue weighted by molar-refractivity contribution is 5.67. The molecule has 3 heterocycles. The highest BCUT2D eigenvalue weighted by Gasteiger charge is 2.55. The van der Waals surface area contributed by atoms with Gasteiger partial charge in [-0.3, -0.25) is 9.69 Å². The van der Waals surface area contributed by atoms with Gasteiger partial charge in [0.05, 0.1) is 6.54 Å². The van der Waals surface area contributed by atoms with E-state index in [4.69, 9.17) is 4.74 Å². The van der Waals surface area contributed by atoms with E-state index in [0.29, 0.717) is 5.92 Å². The number of fused-ring (bicyclic) bond motifs is 2. The number of ether oxygens (including phenoxy) is 1. The third-order valence-corrected chi connectivity index (χ3v) is 5.29. The standard InChI is InChI=1S/C20H21NO2/c1-15(22)23-20(13-16-7-3-2-4-8-16)14-21-12-11-18(20)17-9-5-6-10-19(17)21/h2-10,18H,11-14H2,1H3/p+1.